The fraction of sp³-hybridized carbons (Fsp3) is 0.545. The van der Waals surface area contributed by atoms with E-state index in [9.17, 15) is 0 Å². The molecular weight excluding hydrogens is 174 g/mol. The molecule has 0 spiro atoms. The van der Waals surface area contributed by atoms with Gasteiger partial charge in [-0.25, -0.2) is 4.98 Å². The molecule has 14 heavy (non-hydrogen) atoms. The van der Waals surface area contributed by atoms with Gasteiger partial charge in [-0.3, -0.25) is 0 Å². The Hall–Kier alpha value is -1.09. The lowest BCUT2D eigenvalue weighted by molar-refractivity contribution is 0.469. The standard InChI is InChI=1S/C11H19N3/c1-8-5-6-13-10(7-8)14-11(3,4)9(2)12/h5-7,9H,12H2,1-4H3,(H,13,14). The maximum absolute atomic E-state index is 5.87. The zero-order chi connectivity index (χ0) is 10.8. The summed E-state index contributed by atoms with van der Waals surface area (Å²) < 4.78 is 0. The third kappa shape index (κ3) is 2.70. The first-order valence-electron chi connectivity index (χ1n) is 4.88. The Kier molecular flexibility index (Phi) is 3.11. The van der Waals surface area contributed by atoms with Crippen molar-refractivity contribution >= 4 is 5.82 Å². The Balaban J connectivity index is 2.78. The molecule has 1 aromatic heterocycles. The van der Waals surface area contributed by atoms with Crippen LogP contribution in [0.3, 0.4) is 0 Å². The number of anilines is 1. The first-order chi connectivity index (χ1) is 6.42. The monoisotopic (exact) mass is 193 g/mol. The number of nitrogens with zero attached hydrogens (tertiary/aromatic N) is 1. The van der Waals surface area contributed by atoms with Gasteiger partial charge in [0, 0.05) is 17.8 Å². The lowest BCUT2D eigenvalue weighted by atomic mass is 9.97. The van der Waals surface area contributed by atoms with Gasteiger partial charge < -0.3 is 11.1 Å². The Labute approximate surface area is 85.7 Å². The number of hydrogen-bond donors (Lipinski definition) is 2. The first-order valence-corrected chi connectivity index (χ1v) is 4.88. The molecule has 1 unspecified atom stereocenters. The minimum atomic E-state index is -0.138. The highest BCUT2D eigenvalue weighted by atomic mass is 15.1. The van der Waals surface area contributed by atoms with Crippen LogP contribution in [0.2, 0.25) is 0 Å². The molecule has 0 fully saturated rings. The summed E-state index contributed by atoms with van der Waals surface area (Å²) in [6.07, 6.45) is 1.80. The van der Waals surface area contributed by atoms with Crippen molar-refractivity contribution in [3.8, 4) is 0 Å². The number of aromatic nitrogens is 1. The van der Waals surface area contributed by atoms with Crippen LogP contribution in [0.5, 0.6) is 0 Å². The summed E-state index contributed by atoms with van der Waals surface area (Å²) >= 11 is 0. The van der Waals surface area contributed by atoms with Gasteiger partial charge in [0.1, 0.15) is 5.82 Å². The summed E-state index contributed by atoms with van der Waals surface area (Å²) in [5.74, 6) is 0.882. The summed E-state index contributed by atoms with van der Waals surface area (Å²) in [6, 6.07) is 4.07. The van der Waals surface area contributed by atoms with E-state index < -0.39 is 0 Å². The van der Waals surface area contributed by atoms with Crippen LogP contribution in [0.25, 0.3) is 0 Å². The molecule has 1 heterocycles. The molecule has 0 aliphatic heterocycles. The molecule has 0 radical (unpaired) electrons. The topological polar surface area (TPSA) is 50.9 Å². The molecule has 3 nitrogen and oxygen atoms in total. The zero-order valence-electron chi connectivity index (χ0n) is 9.33. The SMILES string of the molecule is Cc1ccnc(NC(C)(C)C(C)N)c1. The van der Waals surface area contributed by atoms with Crippen molar-refractivity contribution in [1.82, 2.24) is 4.98 Å². The third-order valence-corrected chi connectivity index (χ3v) is 2.50. The number of pyridine rings is 1. The molecule has 0 aliphatic rings. The Bertz CT molecular complexity index is 305. The van der Waals surface area contributed by atoms with E-state index in [0.29, 0.717) is 0 Å². The first kappa shape index (κ1) is 11.0. The second-order valence-electron chi connectivity index (χ2n) is 4.35. The summed E-state index contributed by atoms with van der Waals surface area (Å²) in [5.41, 5.74) is 6.92. The van der Waals surface area contributed by atoms with Crippen LogP contribution in [0.1, 0.15) is 26.3 Å². The van der Waals surface area contributed by atoms with Crippen LogP contribution in [0.15, 0.2) is 18.3 Å². The molecule has 0 bridgehead atoms. The van der Waals surface area contributed by atoms with E-state index in [1.165, 1.54) is 5.56 Å². The average molecular weight is 193 g/mol. The van der Waals surface area contributed by atoms with Crippen LogP contribution >= 0.6 is 0 Å². The number of aryl methyl sites for hydroxylation is 1. The van der Waals surface area contributed by atoms with E-state index >= 15 is 0 Å². The predicted molar refractivity (Wildman–Crippen MR) is 60.3 cm³/mol. The van der Waals surface area contributed by atoms with Crippen LogP contribution in [0, 0.1) is 6.92 Å². The van der Waals surface area contributed by atoms with Gasteiger partial charge in [0.25, 0.3) is 0 Å². The predicted octanol–water partition coefficient (Wildman–Crippen LogP) is 1.93. The highest BCUT2D eigenvalue weighted by Gasteiger charge is 2.22. The van der Waals surface area contributed by atoms with Gasteiger partial charge in [-0.1, -0.05) is 0 Å². The smallest absolute Gasteiger partial charge is 0.126 e. The average Bonchev–Trinajstić information content (AvgIpc) is 2.02. The van der Waals surface area contributed by atoms with Gasteiger partial charge in [-0.05, 0) is 45.4 Å². The molecule has 1 rings (SSSR count). The zero-order valence-corrected chi connectivity index (χ0v) is 9.33. The van der Waals surface area contributed by atoms with E-state index in [1.807, 2.05) is 26.0 Å². The van der Waals surface area contributed by atoms with Crippen molar-refractivity contribution in [2.75, 3.05) is 5.32 Å². The van der Waals surface area contributed by atoms with Crippen molar-refractivity contribution < 1.29 is 0 Å². The summed E-state index contributed by atoms with van der Waals surface area (Å²) in [5, 5.41) is 3.32. The van der Waals surface area contributed by atoms with Crippen molar-refractivity contribution in [3.63, 3.8) is 0 Å². The fourth-order valence-corrected chi connectivity index (χ4v) is 1.05. The highest BCUT2D eigenvalue weighted by molar-refractivity contribution is 5.39. The Morgan fingerprint density at radius 1 is 1.50 bits per heavy atom. The number of nitrogens with one attached hydrogen (secondary N) is 1. The van der Waals surface area contributed by atoms with E-state index in [2.05, 4.69) is 24.1 Å². The second kappa shape index (κ2) is 3.96. The number of nitrogens with two attached hydrogens (primary N) is 1. The normalized spacial score (nSPS) is 13.8. The molecule has 78 valence electrons. The van der Waals surface area contributed by atoms with E-state index in [-0.39, 0.29) is 11.6 Å². The van der Waals surface area contributed by atoms with Crippen LogP contribution in [-0.4, -0.2) is 16.6 Å². The van der Waals surface area contributed by atoms with Gasteiger partial charge >= 0.3 is 0 Å². The van der Waals surface area contributed by atoms with Gasteiger partial charge in [-0.2, -0.15) is 0 Å². The molecular formula is C11H19N3. The quantitative estimate of drug-likeness (QED) is 0.771. The molecule has 0 saturated heterocycles. The lowest BCUT2D eigenvalue weighted by Gasteiger charge is -2.30. The molecule has 3 N–H and O–H groups in total. The fourth-order valence-electron chi connectivity index (χ4n) is 1.05. The van der Waals surface area contributed by atoms with Gasteiger partial charge in [0.15, 0.2) is 0 Å². The van der Waals surface area contributed by atoms with Crippen molar-refractivity contribution in [2.24, 2.45) is 5.73 Å². The van der Waals surface area contributed by atoms with Crippen LogP contribution in [-0.2, 0) is 0 Å². The van der Waals surface area contributed by atoms with E-state index in [0.717, 1.165) is 5.82 Å². The highest BCUT2D eigenvalue weighted by Crippen LogP contribution is 2.15. The van der Waals surface area contributed by atoms with Crippen molar-refractivity contribution in [2.45, 2.75) is 39.3 Å². The van der Waals surface area contributed by atoms with E-state index in [4.69, 9.17) is 5.73 Å². The molecule has 1 aromatic rings. The maximum Gasteiger partial charge on any atom is 0.126 e. The van der Waals surface area contributed by atoms with Crippen LogP contribution in [0.4, 0.5) is 5.82 Å². The lowest BCUT2D eigenvalue weighted by Crippen LogP contribution is -2.47. The molecule has 3 heteroatoms. The largest absolute Gasteiger partial charge is 0.364 e. The maximum atomic E-state index is 5.87. The molecule has 0 aliphatic carbocycles. The van der Waals surface area contributed by atoms with E-state index in [1.54, 1.807) is 6.20 Å². The molecule has 1 atom stereocenters. The number of hydrogen-bond acceptors (Lipinski definition) is 3. The molecule has 0 saturated carbocycles. The minimum absolute atomic E-state index is 0.0739. The Morgan fingerprint density at radius 3 is 2.64 bits per heavy atom. The van der Waals surface area contributed by atoms with Gasteiger partial charge in [-0.15, -0.1) is 0 Å². The van der Waals surface area contributed by atoms with Crippen molar-refractivity contribution in [3.05, 3.63) is 23.9 Å². The second-order valence-corrected chi connectivity index (χ2v) is 4.35. The van der Waals surface area contributed by atoms with Crippen LogP contribution < -0.4 is 11.1 Å². The summed E-state index contributed by atoms with van der Waals surface area (Å²) in [6.45, 7) is 8.18. The number of rotatable bonds is 3. The molecule has 0 amide bonds. The summed E-state index contributed by atoms with van der Waals surface area (Å²) in [4.78, 5) is 4.24. The Morgan fingerprint density at radius 2 is 2.14 bits per heavy atom. The van der Waals surface area contributed by atoms with Gasteiger partial charge in [0.2, 0.25) is 0 Å². The summed E-state index contributed by atoms with van der Waals surface area (Å²) in [7, 11) is 0. The molecule has 0 aromatic carbocycles. The third-order valence-electron chi connectivity index (χ3n) is 2.50. The van der Waals surface area contributed by atoms with Crippen molar-refractivity contribution in [1.29, 1.82) is 0 Å². The van der Waals surface area contributed by atoms with Gasteiger partial charge in [0.05, 0.1) is 0 Å². The minimum Gasteiger partial charge on any atom is -0.364 e.